The van der Waals surface area contributed by atoms with Crippen molar-refractivity contribution in [2.75, 3.05) is 32.9 Å². The number of morpholine rings is 1. The summed E-state index contributed by atoms with van der Waals surface area (Å²) in [6.07, 6.45) is 1.69. The SMILES string of the molecule is CCOC(=O)c1cccc(C)c1C.NC(N)=C(/C=C(\N)c1ccccc1O)N1CCOCC1. The molecule has 0 aromatic heterocycles. The van der Waals surface area contributed by atoms with E-state index in [-0.39, 0.29) is 17.5 Å². The molecule has 0 radical (unpaired) electrons. The third-order valence-corrected chi connectivity index (χ3v) is 5.25. The van der Waals surface area contributed by atoms with Crippen LogP contribution in [0.3, 0.4) is 0 Å². The number of hydrogen-bond acceptors (Lipinski definition) is 8. The Kier molecular flexibility index (Phi) is 9.62. The molecule has 0 unspecified atom stereocenters. The fourth-order valence-electron chi connectivity index (χ4n) is 3.29. The summed E-state index contributed by atoms with van der Waals surface area (Å²) in [5.41, 5.74) is 21.9. The van der Waals surface area contributed by atoms with Gasteiger partial charge in [-0.25, -0.2) is 4.79 Å². The summed E-state index contributed by atoms with van der Waals surface area (Å²) in [6.45, 7) is 8.81. The van der Waals surface area contributed by atoms with Gasteiger partial charge in [0.15, 0.2) is 0 Å². The fourth-order valence-corrected chi connectivity index (χ4v) is 3.29. The summed E-state index contributed by atoms with van der Waals surface area (Å²) in [4.78, 5) is 13.4. The van der Waals surface area contributed by atoms with Crippen molar-refractivity contribution in [3.8, 4) is 5.75 Å². The largest absolute Gasteiger partial charge is 0.507 e. The molecular weight excluding hydrogens is 420 g/mol. The van der Waals surface area contributed by atoms with Gasteiger partial charge in [0.05, 0.1) is 31.1 Å². The van der Waals surface area contributed by atoms with Gasteiger partial charge in [-0.05, 0) is 56.2 Å². The van der Waals surface area contributed by atoms with Crippen molar-refractivity contribution in [1.82, 2.24) is 4.90 Å². The van der Waals surface area contributed by atoms with E-state index in [9.17, 15) is 9.90 Å². The van der Waals surface area contributed by atoms with E-state index in [1.165, 1.54) is 0 Å². The minimum absolute atomic E-state index is 0.123. The number of carbonyl (C=O) groups excluding carboxylic acids is 1. The molecule has 0 spiro atoms. The monoisotopic (exact) mass is 454 g/mol. The van der Waals surface area contributed by atoms with Crippen LogP contribution in [0.15, 0.2) is 60.1 Å². The highest BCUT2D eigenvalue weighted by atomic mass is 16.5. The lowest BCUT2D eigenvalue weighted by molar-refractivity contribution is 0.0525. The standard InChI is InChI=1S/C14H20N4O2.C11H14O2/c15-11(10-3-1-2-4-13(10)19)9-12(14(16)17)18-5-7-20-8-6-18;1-4-13-11(12)10-7-5-6-8(2)9(10)3/h1-4,9,19H,5-8,15-17H2;5-7H,4H2,1-3H3/b11-9-;. The molecule has 178 valence electrons. The maximum atomic E-state index is 11.4. The van der Waals surface area contributed by atoms with Crippen molar-refractivity contribution in [1.29, 1.82) is 0 Å². The minimum Gasteiger partial charge on any atom is -0.507 e. The van der Waals surface area contributed by atoms with Crippen LogP contribution in [0.4, 0.5) is 0 Å². The highest BCUT2D eigenvalue weighted by molar-refractivity contribution is 5.91. The first-order valence-corrected chi connectivity index (χ1v) is 10.8. The predicted octanol–water partition coefficient (Wildman–Crippen LogP) is 2.59. The Labute approximate surface area is 195 Å². The van der Waals surface area contributed by atoms with Crippen LogP contribution in [-0.2, 0) is 9.47 Å². The van der Waals surface area contributed by atoms with Crippen molar-refractivity contribution < 1.29 is 19.4 Å². The Bertz CT molecular complexity index is 1010. The number of rotatable bonds is 5. The Balaban J connectivity index is 0.000000257. The van der Waals surface area contributed by atoms with Crippen LogP contribution in [0.2, 0.25) is 0 Å². The number of nitrogens with zero attached hydrogens (tertiary/aromatic N) is 1. The normalized spacial score (nSPS) is 13.5. The number of esters is 1. The zero-order chi connectivity index (χ0) is 24.4. The van der Waals surface area contributed by atoms with Crippen LogP contribution < -0.4 is 17.2 Å². The molecule has 1 fully saturated rings. The number of allylic oxidation sites excluding steroid dienone is 1. The molecule has 2 aromatic carbocycles. The predicted molar refractivity (Wildman–Crippen MR) is 130 cm³/mol. The van der Waals surface area contributed by atoms with E-state index in [2.05, 4.69) is 0 Å². The summed E-state index contributed by atoms with van der Waals surface area (Å²) in [6, 6.07) is 12.5. The van der Waals surface area contributed by atoms with Gasteiger partial charge in [-0.15, -0.1) is 0 Å². The highest BCUT2D eigenvalue weighted by Gasteiger charge is 2.15. The molecule has 8 nitrogen and oxygen atoms in total. The molecule has 8 heteroatoms. The van der Waals surface area contributed by atoms with Gasteiger partial charge in [-0.1, -0.05) is 24.3 Å². The molecule has 1 aliphatic rings. The van der Waals surface area contributed by atoms with Crippen LogP contribution in [0.5, 0.6) is 5.75 Å². The van der Waals surface area contributed by atoms with Crippen molar-refractivity contribution >= 4 is 11.7 Å². The van der Waals surface area contributed by atoms with Crippen LogP contribution in [0.25, 0.3) is 5.70 Å². The quantitative estimate of drug-likeness (QED) is 0.400. The van der Waals surface area contributed by atoms with Crippen LogP contribution in [-0.4, -0.2) is 48.9 Å². The number of benzene rings is 2. The van der Waals surface area contributed by atoms with Crippen molar-refractivity contribution in [2.45, 2.75) is 20.8 Å². The lowest BCUT2D eigenvalue weighted by Crippen LogP contribution is -2.37. The number of aryl methyl sites for hydroxylation is 1. The first-order chi connectivity index (χ1) is 15.8. The minimum atomic E-state index is -0.233. The number of para-hydroxylation sites is 1. The van der Waals surface area contributed by atoms with E-state index >= 15 is 0 Å². The van der Waals surface area contributed by atoms with Crippen LogP contribution in [0, 0.1) is 13.8 Å². The second-order valence-electron chi connectivity index (χ2n) is 7.52. The second-order valence-corrected chi connectivity index (χ2v) is 7.52. The third-order valence-electron chi connectivity index (χ3n) is 5.25. The number of ether oxygens (including phenoxy) is 2. The van der Waals surface area contributed by atoms with E-state index in [4.69, 9.17) is 26.7 Å². The zero-order valence-corrected chi connectivity index (χ0v) is 19.5. The smallest absolute Gasteiger partial charge is 0.338 e. The lowest BCUT2D eigenvalue weighted by Gasteiger charge is -2.30. The summed E-state index contributed by atoms with van der Waals surface area (Å²) in [7, 11) is 0. The van der Waals surface area contributed by atoms with E-state index in [0.29, 0.717) is 55.4 Å². The van der Waals surface area contributed by atoms with E-state index in [1.807, 2.05) is 37.8 Å². The lowest BCUT2D eigenvalue weighted by atomic mass is 10.0. The molecule has 0 atom stereocenters. The van der Waals surface area contributed by atoms with Crippen molar-refractivity contribution in [3.63, 3.8) is 0 Å². The molecule has 3 rings (SSSR count). The van der Waals surface area contributed by atoms with E-state index < -0.39 is 0 Å². The molecule has 1 heterocycles. The Morgan fingerprint density at radius 1 is 1.06 bits per heavy atom. The topological polar surface area (TPSA) is 137 Å². The Morgan fingerprint density at radius 2 is 1.70 bits per heavy atom. The van der Waals surface area contributed by atoms with Gasteiger partial charge in [0, 0.05) is 24.4 Å². The maximum Gasteiger partial charge on any atom is 0.338 e. The average Bonchev–Trinajstić information content (AvgIpc) is 2.80. The maximum absolute atomic E-state index is 11.4. The molecule has 2 aromatic rings. The number of nitrogens with two attached hydrogens (primary N) is 3. The van der Waals surface area contributed by atoms with Gasteiger partial charge in [-0.3, -0.25) is 0 Å². The van der Waals surface area contributed by atoms with Gasteiger partial charge in [0.25, 0.3) is 0 Å². The Morgan fingerprint density at radius 3 is 2.30 bits per heavy atom. The summed E-state index contributed by atoms with van der Waals surface area (Å²) < 4.78 is 10.2. The highest BCUT2D eigenvalue weighted by Crippen LogP contribution is 2.23. The van der Waals surface area contributed by atoms with E-state index in [1.54, 1.807) is 36.4 Å². The number of hydrogen-bond donors (Lipinski definition) is 4. The van der Waals surface area contributed by atoms with E-state index in [0.717, 1.165) is 11.1 Å². The first-order valence-electron chi connectivity index (χ1n) is 10.8. The molecular formula is C25H34N4O4. The molecule has 0 saturated carbocycles. The molecule has 1 saturated heterocycles. The summed E-state index contributed by atoms with van der Waals surface area (Å²) in [5, 5.41) is 9.81. The number of phenolic OH excluding ortho intramolecular Hbond substituents is 1. The van der Waals surface area contributed by atoms with Gasteiger partial charge in [-0.2, -0.15) is 0 Å². The first kappa shape index (κ1) is 25.6. The van der Waals surface area contributed by atoms with Gasteiger partial charge < -0.3 is 36.7 Å². The Hall–Kier alpha value is -3.65. The number of aromatic hydroxyl groups is 1. The number of carbonyl (C=O) groups is 1. The summed E-state index contributed by atoms with van der Waals surface area (Å²) in [5.74, 6) is 0.0899. The molecule has 1 aliphatic heterocycles. The molecule has 0 aliphatic carbocycles. The average molecular weight is 455 g/mol. The van der Waals surface area contributed by atoms with Gasteiger partial charge in [0.2, 0.25) is 0 Å². The number of phenols is 1. The van der Waals surface area contributed by atoms with Crippen LogP contribution >= 0.6 is 0 Å². The second kappa shape index (κ2) is 12.4. The van der Waals surface area contributed by atoms with Gasteiger partial charge in [0.1, 0.15) is 11.6 Å². The van der Waals surface area contributed by atoms with Crippen LogP contribution in [0.1, 0.15) is 34.0 Å². The fraction of sp³-hybridized carbons (Fsp3) is 0.320. The molecule has 0 amide bonds. The van der Waals surface area contributed by atoms with Crippen molar-refractivity contribution in [2.24, 2.45) is 17.2 Å². The van der Waals surface area contributed by atoms with Gasteiger partial charge >= 0.3 is 5.97 Å². The molecule has 33 heavy (non-hydrogen) atoms. The summed E-state index contributed by atoms with van der Waals surface area (Å²) >= 11 is 0. The third kappa shape index (κ3) is 7.18. The van der Waals surface area contributed by atoms with Crippen molar-refractivity contribution in [3.05, 3.63) is 82.3 Å². The zero-order valence-electron chi connectivity index (χ0n) is 19.5. The molecule has 0 bridgehead atoms. The molecule has 7 N–H and O–H groups in total.